The maximum absolute atomic E-state index is 12.5. The van der Waals surface area contributed by atoms with Crippen LogP contribution in [0.5, 0.6) is 0 Å². The third-order valence-corrected chi connectivity index (χ3v) is 4.76. The molecule has 0 aromatic carbocycles. The van der Waals surface area contributed by atoms with Crippen LogP contribution < -0.4 is 0 Å². The Labute approximate surface area is 112 Å². The van der Waals surface area contributed by atoms with E-state index < -0.39 is 0 Å². The lowest BCUT2D eigenvalue weighted by Crippen LogP contribution is -2.52. The number of carbonyl (C=O) groups excluding carboxylic acids is 1. The molecule has 2 aliphatic rings. The summed E-state index contributed by atoms with van der Waals surface area (Å²) >= 11 is 0. The van der Waals surface area contributed by atoms with Gasteiger partial charge in [-0.1, -0.05) is 6.42 Å². The lowest BCUT2D eigenvalue weighted by Gasteiger charge is -2.41. The normalized spacial score (nSPS) is 34.6. The molecule has 0 aliphatic carbocycles. The number of nitrogens with zero attached hydrogens (tertiary/aromatic N) is 2. The van der Waals surface area contributed by atoms with Crippen molar-refractivity contribution in [3.05, 3.63) is 0 Å². The summed E-state index contributed by atoms with van der Waals surface area (Å²) in [4.78, 5) is 17.0. The Morgan fingerprint density at radius 3 is 2.17 bits per heavy atom. The van der Waals surface area contributed by atoms with Crippen molar-refractivity contribution in [3.63, 3.8) is 0 Å². The molecule has 2 aliphatic heterocycles. The van der Waals surface area contributed by atoms with Crippen LogP contribution >= 0.6 is 0 Å². The average molecular weight is 252 g/mol. The van der Waals surface area contributed by atoms with E-state index in [4.69, 9.17) is 0 Å². The highest BCUT2D eigenvalue weighted by molar-refractivity contribution is 5.79. The number of likely N-dealkylation sites (tertiary alicyclic amines) is 2. The van der Waals surface area contributed by atoms with E-state index in [1.54, 1.807) is 0 Å². The minimum absolute atomic E-state index is 0.350. The maximum atomic E-state index is 12.5. The third-order valence-electron chi connectivity index (χ3n) is 4.76. The summed E-state index contributed by atoms with van der Waals surface area (Å²) in [7, 11) is 0. The molecule has 0 saturated carbocycles. The van der Waals surface area contributed by atoms with Crippen molar-refractivity contribution in [1.82, 2.24) is 9.80 Å². The van der Waals surface area contributed by atoms with Crippen LogP contribution in [-0.2, 0) is 4.79 Å². The van der Waals surface area contributed by atoms with E-state index in [2.05, 4.69) is 30.6 Å². The first-order chi connectivity index (χ1) is 8.59. The topological polar surface area (TPSA) is 23.6 Å². The van der Waals surface area contributed by atoms with Crippen molar-refractivity contribution in [2.75, 3.05) is 13.1 Å². The minimum atomic E-state index is 0.350. The molecule has 0 radical (unpaired) electrons. The minimum Gasteiger partial charge on any atom is -0.336 e. The molecule has 0 bridgehead atoms. The van der Waals surface area contributed by atoms with Gasteiger partial charge in [0, 0.05) is 18.1 Å². The summed E-state index contributed by atoms with van der Waals surface area (Å²) in [6, 6.07) is 1.45. The maximum Gasteiger partial charge on any atom is 0.237 e. The number of carbonyl (C=O) groups is 1. The third kappa shape index (κ3) is 3.05. The number of rotatable bonds is 2. The van der Waals surface area contributed by atoms with Gasteiger partial charge in [-0.3, -0.25) is 9.69 Å². The van der Waals surface area contributed by atoms with Crippen LogP contribution in [0.1, 0.15) is 59.3 Å². The zero-order valence-corrected chi connectivity index (χ0v) is 12.2. The molecule has 2 rings (SSSR count). The second-order valence-electron chi connectivity index (χ2n) is 6.25. The van der Waals surface area contributed by atoms with Gasteiger partial charge in [0.25, 0.3) is 0 Å². The van der Waals surface area contributed by atoms with Gasteiger partial charge in [-0.15, -0.1) is 0 Å². The Balaban J connectivity index is 1.93. The molecule has 3 atom stereocenters. The highest BCUT2D eigenvalue weighted by Crippen LogP contribution is 2.23. The molecule has 0 spiro atoms. The van der Waals surface area contributed by atoms with E-state index in [0.717, 1.165) is 6.54 Å². The van der Waals surface area contributed by atoms with Gasteiger partial charge in [0.2, 0.25) is 5.91 Å². The quantitative estimate of drug-likeness (QED) is 0.754. The predicted molar refractivity (Wildman–Crippen MR) is 74.5 cm³/mol. The van der Waals surface area contributed by atoms with Crippen LogP contribution in [0.25, 0.3) is 0 Å². The van der Waals surface area contributed by atoms with Gasteiger partial charge in [-0.05, 0) is 59.4 Å². The van der Waals surface area contributed by atoms with Gasteiger partial charge >= 0.3 is 0 Å². The Hall–Kier alpha value is -0.570. The van der Waals surface area contributed by atoms with E-state index >= 15 is 0 Å². The lowest BCUT2D eigenvalue weighted by molar-refractivity contribution is -0.139. The SMILES string of the molecule is C[C@@H]1CCCCN1CC(=O)N1[C@H](C)CCC[C@H]1C. The first-order valence-electron chi connectivity index (χ1n) is 7.65. The van der Waals surface area contributed by atoms with E-state index in [1.165, 1.54) is 38.5 Å². The molecule has 18 heavy (non-hydrogen) atoms. The fourth-order valence-corrected chi connectivity index (χ4v) is 3.56. The monoisotopic (exact) mass is 252 g/mol. The Morgan fingerprint density at radius 2 is 1.56 bits per heavy atom. The molecule has 2 heterocycles. The van der Waals surface area contributed by atoms with Gasteiger partial charge in [0.05, 0.1) is 6.54 Å². The van der Waals surface area contributed by atoms with Crippen LogP contribution in [-0.4, -0.2) is 46.9 Å². The summed E-state index contributed by atoms with van der Waals surface area (Å²) in [6.07, 6.45) is 7.44. The summed E-state index contributed by atoms with van der Waals surface area (Å²) in [6.45, 7) is 8.40. The zero-order valence-electron chi connectivity index (χ0n) is 12.2. The summed E-state index contributed by atoms with van der Waals surface area (Å²) in [5, 5.41) is 0. The van der Waals surface area contributed by atoms with Crippen molar-refractivity contribution >= 4 is 5.91 Å². The highest BCUT2D eigenvalue weighted by atomic mass is 16.2. The van der Waals surface area contributed by atoms with Crippen molar-refractivity contribution in [2.24, 2.45) is 0 Å². The Morgan fingerprint density at radius 1 is 0.944 bits per heavy atom. The Bertz CT molecular complexity index is 282. The number of hydrogen-bond acceptors (Lipinski definition) is 2. The molecular formula is C15H28N2O. The van der Waals surface area contributed by atoms with Crippen LogP contribution in [0.4, 0.5) is 0 Å². The van der Waals surface area contributed by atoms with Crippen molar-refractivity contribution in [2.45, 2.75) is 77.4 Å². The van der Waals surface area contributed by atoms with Crippen molar-refractivity contribution in [1.29, 1.82) is 0 Å². The largest absolute Gasteiger partial charge is 0.336 e. The molecule has 3 heteroatoms. The van der Waals surface area contributed by atoms with E-state index in [1.807, 2.05) is 0 Å². The van der Waals surface area contributed by atoms with Crippen LogP contribution in [0.3, 0.4) is 0 Å². The number of hydrogen-bond donors (Lipinski definition) is 0. The summed E-state index contributed by atoms with van der Waals surface area (Å²) in [5.74, 6) is 0.350. The number of piperidine rings is 2. The second-order valence-corrected chi connectivity index (χ2v) is 6.25. The zero-order chi connectivity index (χ0) is 13.1. The van der Waals surface area contributed by atoms with Gasteiger partial charge in [0.15, 0.2) is 0 Å². The number of amides is 1. The standard InChI is InChI=1S/C15H28N2O/c1-12-7-4-5-10-16(12)11-15(18)17-13(2)8-6-9-14(17)3/h12-14H,4-11H2,1-3H3/t12-,13-,14-/m1/s1. The average Bonchev–Trinajstić information content (AvgIpc) is 2.32. The van der Waals surface area contributed by atoms with Crippen LogP contribution in [0, 0.1) is 0 Å². The second kappa shape index (κ2) is 6.05. The van der Waals surface area contributed by atoms with Crippen LogP contribution in [0.2, 0.25) is 0 Å². The molecule has 0 aromatic rings. The fraction of sp³-hybridized carbons (Fsp3) is 0.933. The van der Waals surface area contributed by atoms with Crippen LogP contribution in [0.15, 0.2) is 0 Å². The molecule has 0 aromatic heterocycles. The predicted octanol–water partition coefficient (Wildman–Crippen LogP) is 2.65. The summed E-state index contributed by atoms with van der Waals surface area (Å²) in [5.41, 5.74) is 0. The fourth-order valence-electron chi connectivity index (χ4n) is 3.56. The molecule has 2 saturated heterocycles. The van der Waals surface area contributed by atoms with Gasteiger partial charge in [-0.2, -0.15) is 0 Å². The molecule has 2 fully saturated rings. The molecule has 104 valence electrons. The van der Waals surface area contributed by atoms with Crippen molar-refractivity contribution in [3.8, 4) is 0 Å². The smallest absolute Gasteiger partial charge is 0.237 e. The Kier molecular flexibility index (Phi) is 4.66. The summed E-state index contributed by atoms with van der Waals surface area (Å²) < 4.78 is 0. The lowest BCUT2D eigenvalue weighted by atomic mass is 9.97. The highest BCUT2D eigenvalue weighted by Gasteiger charge is 2.31. The van der Waals surface area contributed by atoms with Gasteiger partial charge in [-0.25, -0.2) is 0 Å². The van der Waals surface area contributed by atoms with E-state index in [9.17, 15) is 4.79 Å². The molecule has 0 N–H and O–H groups in total. The molecule has 0 unspecified atom stereocenters. The van der Waals surface area contributed by atoms with E-state index in [0.29, 0.717) is 30.6 Å². The molecule has 1 amide bonds. The first-order valence-corrected chi connectivity index (χ1v) is 7.65. The van der Waals surface area contributed by atoms with E-state index in [-0.39, 0.29) is 0 Å². The van der Waals surface area contributed by atoms with Gasteiger partial charge in [0.1, 0.15) is 0 Å². The van der Waals surface area contributed by atoms with Crippen molar-refractivity contribution < 1.29 is 4.79 Å². The molecule has 3 nitrogen and oxygen atoms in total. The first kappa shape index (κ1) is 13.9. The van der Waals surface area contributed by atoms with Gasteiger partial charge < -0.3 is 4.90 Å². The molecular weight excluding hydrogens is 224 g/mol.